The second-order valence-corrected chi connectivity index (χ2v) is 6.33. The van der Waals surface area contributed by atoms with Crippen LogP contribution in [0.15, 0.2) is 6.07 Å². The van der Waals surface area contributed by atoms with Gasteiger partial charge >= 0.3 is 0 Å². The van der Waals surface area contributed by atoms with E-state index in [0.717, 1.165) is 29.9 Å². The molecule has 1 saturated heterocycles. The van der Waals surface area contributed by atoms with Gasteiger partial charge in [-0.15, -0.1) is 0 Å². The highest BCUT2D eigenvalue weighted by atomic mass is 16.3. The molecule has 1 aliphatic heterocycles. The second kappa shape index (κ2) is 5.60. The number of aryl methyl sites for hydroxylation is 1. The summed E-state index contributed by atoms with van der Waals surface area (Å²) in [5.41, 5.74) is 2.92. The number of rotatable bonds is 2. The third-order valence-electron chi connectivity index (χ3n) is 4.44. The lowest BCUT2D eigenvalue weighted by atomic mass is 9.95. The number of likely N-dealkylation sites (tertiary alicyclic amines) is 1. The molecule has 1 aromatic heterocycles. The van der Waals surface area contributed by atoms with E-state index in [2.05, 4.69) is 18.4 Å². The molecule has 2 atom stereocenters. The zero-order chi connectivity index (χ0) is 15.0. The molecule has 2 rings (SSSR count). The minimum atomic E-state index is -0.402. The zero-order valence-electron chi connectivity index (χ0n) is 13.2. The highest BCUT2D eigenvalue weighted by Crippen LogP contribution is 2.24. The standard InChI is InChI=1S/C16H26N2O2/c1-10(2)18-12(4)8-14(13(18)5)16(20)17-7-6-11(3)15(19)9-17/h8,10-11,15,19H,6-7,9H2,1-5H3. The topological polar surface area (TPSA) is 45.5 Å². The largest absolute Gasteiger partial charge is 0.391 e. The Morgan fingerprint density at radius 1 is 1.40 bits per heavy atom. The summed E-state index contributed by atoms with van der Waals surface area (Å²) in [6, 6.07) is 2.32. The fourth-order valence-electron chi connectivity index (χ4n) is 3.19. The maximum Gasteiger partial charge on any atom is 0.255 e. The van der Waals surface area contributed by atoms with Crippen LogP contribution >= 0.6 is 0 Å². The van der Waals surface area contributed by atoms with Gasteiger partial charge in [-0.25, -0.2) is 0 Å². The normalized spacial score (nSPS) is 23.4. The van der Waals surface area contributed by atoms with Crippen LogP contribution in [0.25, 0.3) is 0 Å². The molecule has 1 aliphatic rings. The van der Waals surface area contributed by atoms with Crippen LogP contribution in [0.2, 0.25) is 0 Å². The molecule has 1 amide bonds. The van der Waals surface area contributed by atoms with Crippen LogP contribution in [-0.4, -0.2) is 39.7 Å². The molecule has 0 bridgehead atoms. The van der Waals surface area contributed by atoms with Crippen molar-refractivity contribution in [2.75, 3.05) is 13.1 Å². The summed E-state index contributed by atoms with van der Waals surface area (Å²) in [6.07, 6.45) is 0.469. The van der Waals surface area contributed by atoms with Crippen molar-refractivity contribution in [3.8, 4) is 0 Å². The average molecular weight is 278 g/mol. The SMILES string of the molecule is Cc1cc(C(=O)N2CCC(C)C(O)C2)c(C)n1C(C)C. The smallest absolute Gasteiger partial charge is 0.255 e. The van der Waals surface area contributed by atoms with E-state index in [1.54, 1.807) is 4.90 Å². The Hall–Kier alpha value is -1.29. The Bertz CT molecular complexity index is 505. The molecule has 1 fully saturated rings. The highest BCUT2D eigenvalue weighted by Gasteiger charge is 2.29. The Kier molecular flexibility index (Phi) is 4.23. The van der Waals surface area contributed by atoms with E-state index in [4.69, 9.17) is 0 Å². The summed E-state index contributed by atoms with van der Waals surface area (Å²) >= 11 is 0. The van der Waals surface area contributed by atoms with E-state index in [1.807, 2.05) is 26.8 Å². The molecule has 4 heteroatoms. The van der Waals surface area contributed by atoms with Gasteiger partial charge in [0, 0.05) is 30.5 Å². The van der Waals surface area contributed by atoms with E-state index < -0.39 is 6.10 Å². The zero-order valence-corrected chi connectivity index (χ0v) is 13.2. The summed E-state index contributed by atoms with van der Waals surface area (Å²) in [7, 11) is 0. The summed E-state index contributed by atoms with van der Waals surface area (Å²) in [6.45, 7) is 11.5. The number of hydrogen-bond acceptors (Lipinski definition) is 2. The molecule has 1 aromatic rings. The van der Waals surface area contributed by atoms with Gasteiger partial charge in [0.15, 0.2) is 0 Å². The van der Waals surface area contributed by atoms with Gasteiger partial charge in [-0.3, -0.25) is 4.79 Å². The molecule has 20 heavy (non-hydrogen) atoms. The predicted octanol–water partition coefficient (Wildman–Crippen LogP) is 2.53. The summed E-state index contributed by atoms with van der Waals surface area (Å²) in [5.74, 6) is 0.332. The van der Waals surface area contributed by atoms with Crippen molar-refractivity contribution in [3.63, 3.8) is 0 Å². The molecule has 4 nitrogen and oxygen atoms in total. The first-order valence-electron chi connectivity index (χ1n) is 7.48. The van der Waals surface area contributed by atoms with Crippen molar-refractivity contribution < 1.29 is 9.90 Å². The van der Waals surface area contributed by atoms with Gasteiger partial charge in [0.2, 0.25) is 0 Å². The van der Waals surface area contributed by atoms with E-state index in [-0.39, 0.29) is 11.8 Å². The molecule has 112 valence electrons. The Morgan fingerprint density at radius 3 is 2.55 bits per heavy atom. The van der Waals surface area contributed by atoms with Crippen molar-refractivity contribution in [1.29, 1.82) is 0 Å². The predicted molar refractivity (Wildman–Crippen MR) is 80.0 cm³/mol. The summed E-state index contributed by atoms with van der Waals surface area (Å²) in [5, 5.41) is 9.96. The van der Waals surface area contributed by atoms with Gasteiger partial charge in [0.25, 0.3) is 5.91 Å². The molecule has 2 heterocycles. The Morgan fingerprint density at radius 2 is 2.05 bits per heavy atom. The number of aliphatic hydroxyl groups excluding tert-OH is 1. The highest BCUT2D eigenvalue weighted by molar-refractivity contribution is 5.95. The molecular formula is C16H26N2O2. The number of piperidine rings is 1. The van der Waals surface area contributed by atoms with Gasteiger partial charge in [0.05, 0.1) is 11.7 Å². The van der Waals surface area contributed by atoms with Gasteiger partial charge in [-0.05, 0) is 46.1 Å². The minimum Gasteiger partial charge on any atom is -0.391 e. The minimum absolute atomic E-state index is 0.0518. The molecule has 0 spiro atoms. The van der Waals surface area contributed by atoms with Crippen molar-refractivity contribution in [2.45, 2.75) is 53.2 Å². The van der Waals surface area contributed by atoms with E-state index >= 15 is 0 Å². The summed E-state index contributed by atoms with van der Waals surface area (Å²) in [4.78, 5) is 14.5. The average Bonchev–Trinajstić information content (AvgIpc) is 2.67. The molecule has 0 radical (unpaired) electrons. The lowest BCUT2D eigenvalue weighted by molar-refractivity contribution is 0.0248. The third-order valence-corrected chi connectivity index (χ3v) is 4.44. The van der Waals surface area contributed by atoms with Crippen molar-refractivity contribution in [1.82, 2.24) is 9.47 Å². The lowest BCUT2D eigenvalue weighted by Crippen LogP contribution is -2.45. The number of β-amino-alcohol motifs (C(OH)–C–C–N with tert-alkyl or cyclic N) is 1. The first-order valence-corrected chi connectivity index (χ1v) is 7.48. The molecule has 1 N–H and O–H groups in total. The van der Waals surface area contributed by atoms with Crippen LogP contribution in [0.3, 0.4) is 0 Å². The number of carbonyl (C=O) groups excluding carboxylic acids is 1. The lowest BCUT2D eigenvalue weighted by Gasteiger charge is -2.34. The van der Waals surface area contributed by atoms with Crippen LogP contribution in [0.1, 0.15) is 55.0 Å². The van der Waals surface area contributed by atoms with Gasteiger partial charge in [-0.1, -0.05) is 6.92 Å². The number of hydrogen-bond donors (Lipinski definition) is 1. The van der Waals surface area contributed by atoms with Crippen LogP contribution < -0.4 is 0 Å². The van der Waals surface area contributed by atoms with Crippen molar-refractivity contribution in [2.24, 2.45) is 5.92 Å². The quantitative estimate of drug-likeness (QED) is 0.903. The number of aliphatic hydroxyl groups is 1. The van der Waals surface area contributed by atoms with E-state index in [9.17, 15) is 9.90 Å². The Balaban J connectivity index is 2.24. The maximum absolute atomic E-state index is 12.7. The van der Waals surface area contributed by atoms with E-state index in [0.29, 0.717) is 12.6 Å². The fraction of sp³-hybridized carbons (Fsp3) is 0.688. The first-order chi connectivity index (χ1) is 9.32. The van der Waals surface area contributed by atoms with Gasteiger partial charge in [-0.2, -0.15) is 0 Å². The number of carbonyl (C=O) groups is 1. The van der Waals surface area contributed by atoms with Crippen LogP contribution in [0.5, 0.6) is 0 Å². The number of nitrogens with zero attached hydrogens (tertiary/aromatic N) is 2. The monoisotopic (exact) mass is 278 g/mol. The third kappa shape index (κ3) is 2.62. The molecule has 0 saturated carbocycles. The molecule has 0 aromatic carbocycles. The van der Waals surface area contributed by atoms with Crippen molar-refractivity contribution in [3.05, 3.63) is 23.0 Å². The summed E-state index contributed by atoms with van der Waals surface area (Å²) < 4.78 is 2.19. The van der Waals surface area contributed by atoms with Gasteiger partial charge in [0.1, 0.15) is 0 Å². The van der Waals surface area contributed by atoms with Crippen LogP contribution in [-0.2, 0) is 0 Å². The fourth-order valence-corrected chi connectivity index (χ4v) is 3.19. The van der Waals surface area contributed by atoms with Crippen LogP contribution in [0, 0.1) is 19.8 Å². The number of amides is 1. The molecular weight excluding hydrogens is 252 g/mol. The number of aromatic nitrogens is 1. The Labute approximate surface area is 121 Å². The molecule has 2 unspecified atom stereocenters. The maximum atomic E-state index is 12.7. The van der Waals surface area contributed by atoms with Crippen molar-refractivity contribution >= 4 is 5.91 Å². The van der Waals surface area contributed by atoms with E-state index in [1.165, 1.54) is 0 Å². The van der Waals surface area contributed by atoms with Gasteiger partial charge < -0.3 is 14.6 Å². The van der Waals surface area contributed by atoms with Crippen LogP contribution in [0.4, 0.5) is 0 Å². The first kappa shape index (κ1) is 15.1. The molecule has 0 aliphatic carbocycles. The second-order valence-electron chi connectivity index (χ2n) is 6.33.